The molecule has 2 aromatic heterocycles. The molecule has 3 aromatic rings. The first-order valence-electron chi connectivity index (χ1n) is 14.0. The predicted molar refractivity (Wildman–Crippen MR) is 151 cm³/mol. The fourth-order valence-corrected chi connectivity index (χ4v) is 6.90. The number of nitrogens with zero attached hydrogens (tertiary/aromatic N) is 5. The highest BCUT2D eigenvalue weighted by atomic mass is 32.2. The topological polar surface area (TPSA) is 91.6 Å². The molecule has 12 heteroatoms. The van der Waals surface area contributed by atoms with Crippen LogP contribution in [0.5, 0.6) is 0 Å². The fourth-order valence-electron chi connectivity index (χ4n) is 6.27. The summed E-state index contributed by atoms with van der Waals surface area (Å²) in [6, 6.07) is 8.17. The minimum atomic E-state index is -4.67. The largest absolute Gasteiger partial charge is 0.435 e. The molecule has 2 aliphatic heterocycles. The highest BCUT2D eigenvalue weighted by molar-refractivity contribution is 7.90. The van der Waals surface area contributed by atoms with Crippen molar-refractivity contribution in [1.82, 2.24) is 24.3 Å². The third-order valence-corrected chi connectivity index (χ3v) is 9.46. The van der Waals surface area contributed by atoms with Crippen LogP contribution in [-0.4, -0.2) is 88.5 Å². The van der Waals surface area contributed by atoms with Crippen molar-refractivity contribution in [3.05, 3.63) is 41.7 Å². The lowest BCUT2D eigenvalue weighted by atomic mass is 9.90. The van der Waals surface area contributed by atoms with Gasteiger partial charge in [0.15, 0.2) is 15.5 Å². The molecular formula is C29H38F3N5O3S. The summed E-state index contributed by atoms with van der Waals surface area (Å²) in [6.07, 6.45) is -0.0580. The van der Waals surface area contributed by atoms with Crippen molar-refractivity contribution < 1.29 is 26.7 Å². The first kappa shape index (κ1) is 29.9. The zero-order valence-electron chi connectivity index (χ0n) is 23.9. The quantitative estimate of drug-likeness (QED) is 0.451. The van der Waals surface area contributed by atoms with Crippen molar-refractivity contribution >= 4 is 20.9 Å². The summed E-state index contributed by atoms with van der Waals surface area (Å²) in [5.41, 5.74) is -0.598. The molecule has 4 heterocycles. The molecule has 0 radical (unpaired) electrons. The third kappa shape index (κ3) is 6.60. The molecule has 0 unspecified atom stereocenters. The smallest absolute Gasteiger partial charge is 0.389 e. The van der Waals surface area contributed by atoms with E-state index in [1.54, 1.807) is 29.8 Å². The van der Waals surface area contributed by atoms with Gasteiger partial charge in [0.1, 0.15) is 11.3 Å². The molecule has 224 valence electrons. The minimum Gasteiger partial charge on any atom is -0.389 e. The molecule has 0 amide bonds. The monoisotopic (exact) mass is 593 g/mol. The van der Waals surface area contributed by atoms with E-state index in [-0.39, 0.29) is 16.3 Å². The number of alkyl halides is 3. The number of β-amino-alcohol motifs (C(OH)–C–C–N with tert-alkyl or cyclic N) is 1. The van der Waals surface area contributed by atoms with Crippen molar-refractivity contribution in [3.8, 4) is 11.4 Å². The van der Waals surface area contributed by atoms with Crippen LogP contribution in [0, 0.1) is 0 Å². The highest BCUT2D eigenvalue weighted by Gasteiger charge is 2.38. The second-order valence-corrected chi connectivity index (χ2v) is 14.2. The van der Waals surface area contributed by atoms with E-state index in [0.29, 0.717) is 35.2 Å². The molecule has 2 saturated heterocycles. The standard InChI is InChI=1S/C29H38F3N5O3S/c1-28(2,38)18-36-13-11-21(12-14-36)37-15-9-19(10-16-37)23-17-24-25(26(33-23)29(30,31)32)34-27(35(24)3)20-5-7-22(8-6-20)41(4,39)40/h5-8,17,19,21,38H,9-16,18H2,1-4H3. The Balaban J connectivity index is 1.36. The highest BCUT2D eigenvalue weighted by Crippen LogP contribution is 2.38. The average molecular weight is 594 g/mol. The number of fused-ring (bicyclic) bond motifs is 1. The van der Waals surface area contributed by atoms with Crippen molar-refractivity contribution in [3.63, 3.8) is 0 Å². The Morgan fingerprint density at radius 3 is 2.12 bits per heavy atom. The fraction of sp³-hybridized carbons (Fsp3) is 0.586. The second-order valence-electron chi connectivity index (χ2n) is 12.2. The molecule has 0 saturated carbocycles. The number of rotatable bonds is 6. The van der Waals surface area contributed by atoms with Crippen molar-refractivity contribution in [2.45, 2.75) is 68.2 Å². The SMILES string of the molecule is Cn1c(-c2ccc(S(C)(=O)=O)cc2)nc2c(C(F)(F)F)nc(C3CCN(C4CCN(CC(C)(C)O)CC4)CC3)cc21. The van der Waals surface area contributed by atoms with Gasteiger partial charge in [-0.05, 0) is 96.0 Å². The molecule has 0 aliphatic carbocycles. The van der Waals surface area contributed by atoms with Gasteiger partial charge in [-0.2, -0.15) is 13.2 Å². The molecule has 8 nitrogen and oxygen atoms in total. The number of sulfone groups is 1. The van der Waals surface area contributed by atoms with Gasteiger partial charge in [0.05, 0.1) is 16.0 Å². The summed E-state index contributed by atoms with van der Waals surface area (Å²) in [4.78, 5) is 13.4. The molecule has 0 spiro atoms. The van der Waals surface area contributed by atoms with E-state index in [1.807, 2.05) is 13.8 Å². The van der Waals surface area contributed by atoms with E-state index in [9.17, 15) is 26.7 Å². The van der Waals surface area contributed by atoms with Gasteiger partial charge in [0.2, 0.25) is 0 Å². The van der Waals surface area contributed by atoms with Crippen molar-refractivity contribution in [2.75, 3.05) is 39.0 Å². The number of pyridine rings is 1. The maximum atomic E-state index is 14.2. The number of aryl methyl sites for hydroxylation is 1. The Morgan fingerprint density at radius 1 is 0.976 bits per heavy atom. The molecule has 0 atom stereocenters. The number of halogens is 3. The lowest BCUT2D eigenvalue weighted by Crippen LogP contribution is -2.50. The van der Waals surface area contributed by atoms with Gasteiger partial charge in [-0.15, -0.1) is 0 Å². The van der Waals surface area contributed by atoms with Gasteiger partial charge >= 0.3 is 6.18 Å². The lowest BCUT2D eigenvalue weighted by molar-refractivity contribution is -0.140. The van der Waals surface area contributed by atoms with E-state index in [2.05, 4.69) is 19.8 Å². The Hall–Kier alpha value is -2.54. The second kappa shape index (κ2) is 10.9. The summed E-state index contributed by atoms with van der Waals surface area (Å²) < 4.78 is 68.0. The predicted octanol–water partition coefficient (Wildman–Crippen LogP) is 4.47. The first-order valence-corrected chi connectivity index (χ1v) is 15.9. The van der Waals surface area contributed by atoms with Gasteiger partial charge in [0.25, 0.3) is 0 Å². The van der Waals surface area contributed by atoms with E-state index in [4.69, 9.17) is 0 Å². The molecule has 0 bridgehead atoms. The van der Waals surface area contributed by atoms with E-state index >= 15 is 0 Å². The molecule has 41 heavy (non-hydrogen) atoms. The number of hydrogen-bond acceptors (Lipinski definition) is 7. The number of likely N-dealkylation sites (tertiary alicyclic amines) is 2. The summed E-state index contributed by atoms with van der Waals surface area (Å²) in [5, 5.41) is 10.1. The Kier molecular flexibility index (Phi) is 7.99. The van der Waals surface area contributed by atoms with Crippen LogP contribution in [0.15, 0.2) is 35.2 Å². The molecule has 2 aliphatic rings. The summed E-state index contributed by atoms with van der Waals surface area (Å²) in [7, 11) is -1.73. The van der Waals surface area contributed by atoms with Gasteiger partial charge in [-0.1, -0.05) is 0 Å². The van der Waals surface area contributed by atoms with Gasteiger partial charge in [-0.3, -0.25) is 0 Å². The van der Waals surface area contributed by atoms with Gasteiger partial charge in [0, 0.05) is 43.1 Å². The number of piperidine rings is 2. The zero-order chi connectivity index (χ0) is 29.7. The van der Waals surface area contributed by atoms with Gasteiger partial charge in [-0.25, -0.2) is 18.4 Å². The number of aliphatic hydroxyl groups is 1. The van der Waals surface area contributed by atoms with Crippen LogP contribution in [0.4, 0.5) is 13.2 Å². The molecule has 5 rings (SSSR count). The van der Waals surface area contributed by atoms with Crippen LogP contribution in [0.3, 0.4) is 0 Å². The molecule has 1 aromatic carbocycles. The van der Waals surface area contributed by atoms with Crippen molar-refractivity contribution in [2.24, 2.45) is 7.05 Å². The van der Waals surface area contributed by atoms with E-state index in [0.717, 1.165) is 58.1 Å². The maximum Gasteiger partial charge on any atom is 0.435 e. The number of aromatic nitrogens is 3. The maximum absolute atomic E-state index is 14.2. The Bertz CT molecular complexity index is 1500. The van der Waals surface area contributed by atoms with E-state index < -0.39 is 27.3 Å². The van der Waals surface area contributed by atoms with Crippen LogP contribution >= 0.6 is 0 Å². The summed E-state index contributed by atoms with van der Waals surface area (Å²) in [5.74, 6) is 0.231. The average Bonchev–Trinajstić information content (AvgIpc) is 3.23. The van der Waals surface area contributed by atoms with Crippen LogP contribution in [0.1, 0.15) is 56.8 Å². The number of hydrogen-bond donors (Lipinski definition) is 1. The van der Waals surface area contributed by atoms with Crippen LogP contribution in [0.25, 0.3) is 22.4 Å². The summed E-state index contributed by atoms with van der Waals surface area (Å²) >= 11 is 0. The van der Waals surface area contributed by atoms with Gasteiger partial charge < -0.3 is 19.5 Å². The molecule has 2 fully saturated rings. The minimum absolute atomic E-state index is 0.0839. The Morgan fingerprint density at radius 2 is 1.59 bits per heavy atom. The number of benzene rings is 1. The van der Waals surface area contributed by atoms with Crippen LogP contribution in [0.2, 0.25) is 0 Å². The van der Waals surface area contributed by atoms with E-state index in [1.165, 1.54) is 12.1 Å². The van der Waals surface area contributed by atoms with Crippen LogP contribution < -0.4 is 0 Å². The molecule has 1 N–H and O–H groups in total. The first-order chi connectivity index (χ1) is 19.1. The lowest BCUT2D eigenvalue weighted by Gasteiger charge is -2.42. The third-order valence-electron chi connectivity index (χ3n) is 8.33. The summed E-state index contributed by atoms with van der Waals surface area (Å²) in [6.45, 7) is 7.78. The normalized spacial score (nSPS) is 19.3. The van der Waals surface area contributed by atoms with Crippen molar-refractivity contribution in [1.29, 1.82) is 0 Å². The molecular weight excluding hydrogens is 555 g/mol. The number of imidazole rings is 1. The van der Waals surface area contributed by atoms with Crippen LogP contribution in [-0.2, 0) is 23.1 Å². The Labute approximate surface area is 239 Å². The zero-order valence-corrected chi connectivity index (χ0v) is 24.8.